The number of hydrogen-bond acceptors (Lipinski definition) is 3. The van der Waals surface area contributed by atoms with Gasteiger partial charge in [0.2, 0.25) is 0 Å². The Balaban J connectivity index is 2.01. The van der Waals surface area contributed by atoms with Gasteiger partial charge in [-0.1, -0.05) is 29.8 Å². The van der Waals surface area contributed by atoms with Gasteiger partial charge < -0.3 is 5.32 Å². The van der Waals surface area contributed by atoms with Gasteiger partial charge in [0.15, 0.2) is 0 Å². The van der Waals surface area contributed by atoms with E-state index in [4.69, 9.17) is 0 Å². The van der Waals surface area contributed by atoms with Gasteiger partial charge in [-0.2, -0.15) is 0 Å². The minimum Gasteiger partial charge on any atom is -0.315 e. The number of rotatable bonds is 3. The molecule has 1 aliphatic rings. The van der Waals surface area contributed by atoms with Crippen molar-refractivity contribution >= 4 is 11.3 Å². The van der Waals surface area contributed by atoms with Crippen LogP contribution in [-0.2, 0) is 0 Å². The molecule has 2 aromatic rings. The van der Waals surface area contributed by atoms with Gasteiger partial charge in [0.05, 0.1) is 6.04 Å². The predicted octanol–water partition coefficient (Wildman–Crippen LogP) is 3.75. The van der Waals surface area contributed by atoms with Crippen LogP contribution in [0.3, 0.4) is 0 Å². The van der Waals surface area contributed by atoms with Crippen LogP contribution in [0, 0.1) is 13.8 Å². The number of nitrogens with one attached hydrogen (secondary N) is 1. The van der Waals surface area contributed by atoms with Crippen LogP contribution < -0.4 is 5.32 Å². The number of thiophene rings is 1. The summed E-state index contributed by atoms with van der Waals surface area (Å²) in [5, 5.41) is 5.71. The summed E-state index contributed by atoms with van der Waals surface area (Å²) in [7, 11) is 0. The molecule has 0 amide bonds. The highest BCUT2D eigenvalue weighted by molar-refractivity contribution is 7.10. The largest absolute Gasteiger partial charge is 0.315 e. The zero-order valence-electron chi connectivity index (χ0n) is 12.9. The number of benzene rings is 1. The van der Waals surface area contributed by atoms with Crippen molar-refractivity contribution in [2.75, 3.05) is 26.2 Å². The van der Waals surface area contributed by atoms with Crippen LogP contribution in [0.15, 0.2) is 35.7 Å². The van der Waals surface area contributed by atoms with Crippen molar-refractivity contribution in [3.8, 4) is 0 Å². The van der Waals surface area contributed by atoms with Gasteiger partial charge in [-0.25, -0.2) is 0 Å². The topological polar surface area (TPSA) is 15.3 Å². The maximum Gasteiger partial charge on any atom is 0.0699 e. The molecular formula is C18H24N2S. The third-order valence-corrected chi connectivity index (χ3v) is 5.21. The average Bonchev–Trinajstić information content (AvgIpc) is 2.86. The third-order valence-electron chi connectivity index (χ3n) is 4.28. The molecule has 3 rings (SSSR count). The van der Waals surface area contributed by atoms with E-state index in [0.717, 1.165) is 19.6 Å². The van der Waals surface area contributed by atoms with Crippen molar-refractivity contribution in [3.05, 3.63) is 57.3 Å². The highest BCUT2D eigenvalue weighted by Gasteiger charge is 2.25. The molecule has 0 aliphatic carbocycles. The summed E-state index contributed by atoms with van der Waals surface area (Å²) in [6.45, 7) is 8.95. The Bertz CT molecular complexity index is 569. The van der Waals surface area contributed by atoms with E-state index in [-0.39, 0.29) is 0 Å². The number of nitrogens with zero attached hydrogens (tertiary/aromatic N) is 1. The molecule has 1 unspecified atom stereocenters. The van der Waals surface area contributed by atoms with Crippen LogP contribution in [0.25, 0.3) is 0 Å². The minimum absolute atomic E-state index is 0.407. The Labute approximate surface area is 131 Å². The molecule has 112 valence electrons. The summed E-state index contributed by atoms with van der Waals surface area (Å²) in [6, 6.07) is 11.7. The second-order valence-corrected chi connectivity index (χ2v) is 6.90. The lowest BCUT2D eigenvalue weighted by Gasteiger charge is -2.31. The molecule has 1 fully saturated rings. The smallest absolute Gasteiger partial charge is 0.0699 e. The summed E-state index contributed by atoms with van der Waals surface area (Å²) in [4.78, 5) is 4.11. The first-order valence-corrected chi connectivity index (χ1v) is 8.69. The zero-order valence-corrected chi connectivity index (χ0v) is 13.7. The van der Waals surface area contributed by atoms with E-state index in [9.17, 15) is 0 Å². The molecule has 2 heterocycles. The van der Waals surface area contributed by atoms with Crippen molar-refractivity contribution in [1.82, 2.24) is 10.2 Å². The highest BCUT2D eigenvalue weighted by Crippen LogP contribution is 2.34. The Hall–Kier alpha value is -1.16. The zero-order chi connectivity index (χ0) is 14.7. The van der Waals surface area contributed by atoms with Crippen molar-refractivity contribution in [3.63, 3.8) is 0 Å². The predicted molar refractivity (Wildman–Crippen MR) is 91.1 cm³/mol. The fraction of sp³-hybridized carbons (Fsp3) is 0.444. The Morgan fingerprint density at radius 3 is 2.86 bits per heavy atom. The van der Waals surface area contributed by atoms with Crippen LogP contribution >= 0.6 is 11.3 Å². The summed E-state index contributed by atoms with van der Waals surface area (Å²) in [5.41, 5.74) is 4.22. The quantitative estimate of drug-likeness (QED) is 0.928. The van der Waals surface area contributed by atoms with E-state index in [1.54, 1.807) is 0 Å². The SMILES string of the molecule is Cc1ccc(C)c(C(c2cccs2)N2CCCNCC2)c1. The third kappa shape index (κ3) is 3.37. The van der Waals surface area contributed by atoms with E-state index in [2.05, 4.69) is 59.8 Å². The number of aryl methyl sites for hydroxylation is 2. The molecule has 1 aromatic heterocycles. The van der Waals surface area contributed by atoms with Crippen molar-refractivity contribution in [2.45, 2.75) is 26.3 Å². The second kappa shape index (κ2) is 6.73. The van der Waals surface area contributed by atoms with Crippen molar-refractivity contribution < 1.29 is 0 Å². The van der Waals surface area contributed by atoms with Crippen LogP contribution in [-0.4, -0.2) is 31.1 Å². The first kappa shape index (κ1) is 14.8. The second-order valence-electron chi connectivity index (χ2n) is 5.92. The van der Waals surface area contributed by atoms with Gasteiger partial charge in [-0.05, 0) is 49.4 Å². The van der Waals surface area contributed by atoms with E-state index in [1.807, 2.05) is 11.3 Å². The summed E-state index contributed by atoms with van der Waals surface area (Å²) < 4.78 is 0. The molecule has 1 aromatic carbocycles. The van der Waals surface area contributed by atoms with Crippen LogP contribution in [0.4, 0.5) is 0 Å². The molecule has 2 nitrogen and oxygen atoms in total. The maximum atomic E-state index is 3.52. The highest BCUT2D eigenvalue weighted by atomic mass is 32.1. The maximum absolute atomic E-state index is 3.52. The van der Waals surface area contributed by atoms with E-state index < -0.39 is 0 Å². The lowest BCUT2D eigenvalue weighted by molar-refractivity contribution is 0.243. The van der Waals surface area contributed by atoms with Gasteiger partial charge >= 0.3 is 0 Å². The van der Waals surface area contributed by atoms with Crippen molar-refractivity contribution in [2.24, 2.45) is 0 Å². The van der Waals surface area contributed by atoms with Crippen LogP contribution in [0.1, 0.15) is 34.0 Å². The monoisotopic (exact) mass is 300 g/mol. The molecule has 21 heavy (non-hydrogen) atoms. The van der Waals surface area contributed by atoms with Crippen LogP contribution in [0.2, 0.25) is 0 Å². The van der Waals surface area contributed by atoms with Gasteiger partial charge in [0.1, 0.15) is 0 Å². The average molecular weight is 300 g/mol. The van der Waals surface area contributed by atoms with E-state index in [1.165, 1.54) is 34.5 Å². The minimum atomic E-state index is 0.407. The Morgan fingerprint density at radius 2 is 2.05 bits per heavy atom. The first-order valence-electron chi connectivity index (χ1n) is 7.81. The lowest BCUT2D eigenvalue weighted by Crippen LogP contribution is -2.33. The van der Waals surface area contributed by atoms with Gasteiger partial charge in [0.25, 0.3) is 0 Å². The Morgan fingerprint density at radius 1 is 1.14 bits per heavy atom. The molecule has 1 saturated heterocycles. The summed E-state index contributed by atoms with van der Waals surface area (Å²) in [5.74, 6) is 0. The standard InChI is InChI=1S/C18H24N2S/c1-14-6-7-15(2)16(13-14)18(17-5-3-12-21-17)20-10-4-8-19-9-11-20/h3,5-7,12-13,18-19H,4,8-11H2,1-2H3. The van der Waals surface area contributed by atoms with Crippen molar-refractivity contribution in [1.29, 1.82) is 0 Å². The molecule has 0 spiro atoms. The molecule has 1 atom stereocenters. The molecule has 3 heteroatoms. The van der Waals surface area contributed by atoms with Gasteiger partial charge in [-0.3, -0.25) is 4.90 Å². The summed E-state index contributed by atoms with van der Waals surface area (Å²) in [6.07, 6.45) is 1.23. The molecular weight excluding hydrogens is 276 g/mol. The number of hydrogen-bond donors (Lipinski definition) is 1. The van der Waals surface area contributed by atoms with Gasteiger partial charge in [-0.15, -0.1) is 11.3 Å². The van der Waals surface area contributed by atoms with E-state index >= 15 is 0 Å². The van der Waals surface area contributed by atoms with Gasteiger partial charge in [0, 0.05) is 24.5 Å². The molecule has 1 N–H and O–H groups in total. The molecule has 0 radical (unpaired) electrons. The summed E-state index contributed by atoms with van der Waals surface area (Å²) >= 11 is 1.88. The van der Waals surface area contributed by atoms with E-state index in [0.29, 0.717) is 6.04 Å². The first-order chi connectivity index (χ1) is 10.3. The fourth-order valence-corrected chi connectivity index (χ4v) is 4.03. The Kier molecular flexibility index (Phi) is 4.73. The fourth-order valence-electron chi connectivity index (χ4n) is 3.16. The molecule has 0 saturated carbocycles. The normalized spacial score (nSPS) is 18.4. The molecule has 1 aliphatic heterocycles. The molecule has 0 bridgehead atoms. The van der Waals surface area contributed by atoms with Crippen LogP contribution in [0.5, 0.6) is 0 Å². The lowest BCUT2D eigenvalue weighted by atomic mass is 9.96.